The monoisotopic (exact) mass is 396 g/mol. The van der Waals surface area contributed by atoms with Crippen LogP contribution in [0.2, 0.25) is 0 Å². The van der Waals surface area contributed by atoms with E-state index in [1.807, 2.05) is 12.5 Å². The predicted octanol–water partition coefficient (Wildman–Crippen LogP) is 4.25. The quantitative estimate of drug-likeness (QED) is 0.427. The molecule has 3 heteroatoms. The summed E-state index contributed by atoms with van der Waals surface area (Å²) in [5.74, 6) is 0. The molecule has 0 aliphatic heterocycles. The van der Waals surface area contributed by atoms with Gasteiger partial charge in [0.2, 0.25) is 0 Å². The molecule has 0 unspecified atom stereocenters. The Balaban J connectivity index is 1.95. The van der Waals surface area contributed by atoms with Gasteiger partial charge in [0.1, 0.15) is 0 Å². The molecule has 1 heterocycles. The second kappa shape index (κ2) is 8.62. The zero-order chi connectivity index (χ0) is 20.1. The molecule has 0 atom stereocenters. The minimum atomic E-state index is -0.784. The average molecular weight is 397 g/mol. The fourth-order valence-corrected chi connectivity index (χ4v) is 6.52. The van der Waals surface area contributed by atoms with Gasteiger partial charge < -0.3 is 4.57 Å². The molecule has 146 valence electrons. The molecule has 0 fully saturated rings. The average Bonchev–Trinajstić information content (AvgIpc) is 3.34. The molecular formula is C26H28N2Si. The van der Waals surface area contributed by atoms with E-state index in [4.69, 9.17) is 0 Å². The molecule has 0 N–H and O–H groups in total. The molecular weight excluding hydrogens is 368 g/mol. The molecule has 1 aromatic heterocycles. The van der Waals surface area contributed by atoms with E-state index in [0.29, 0.717) is 0 Å². The number of nitrogens with zero attached hydrogens (tertiary/aromatic N) is 2. The van der Waals surface area contributed by atoms with E-state index in [0.717, 1.165) is 12.8 Å². The first-order valence-corrected chi connectivity index (χ1v) is 11.9. The molecule has 0 bridgehead atoms. The van der Waals surface area contributed by atoms with E-state index < -0.39 is 9.52 Å². The van der Waals surface area contributed by atoms with Crippen molar-refractivity contribution >= 4 is 14.7 Å². The van der Waals surface area contributed by atoms with Crippen LogP contribution >= 0.6 is 0 Å². The van der Waals surface area contributed by atoms with Crippen LogP contribution in [0.1, 0.15) is 36.1 Å². The number of imidazole rings is 1. The van der Waals surface area contributed by atoms with Crippen molar-refractivity contribution in [3.8, 4) is 0 Å². The summed E-state index contributed by atoms with van der Waals surface area (Å²) in [6.07, 6.45) is 8.11. The van der Waals surface area contributed by atoms with Crippen molar-refractivity contribution in [1.29, 1.82) is 0 Å². The fraction of sp³-hybridized carbons (Fsp3) is 0.192. The summed E-state index contributed by atoms with van der Waals surface area (Å²) < 4.78 is 2.33. The Bertz CT molecular complexity index is 973. The lowest BCUT2D eigenvalue weighted by Crippen LogP contribution is -2.46. The highest BCUT2D eigenvalue weighted by molar-refractivity contribution is 6.57. The van der Waals surface area contributed by atoms with E-state index in [-0.39, 0.29) is 5.16 Å². The van der Waals surface area contributed by atoms with Gasteiger partial charge in [0.25, 0.3) is 0 Å². The summed E-state index contributed by atoms with van der Waals surface area (Å²) in [5.41, 5.74) is 5.42. The molecule has 0 aliphatic carbocycles. The van der Waals surface area contributed by atoms with Crippen LogP contribution in [-0.4, -0.2) is 19.1 Å². The largest absolute Gasteiger partial charge is 0.326 e. The van der Waals surface area contributed by atoms with Crippen LogP contribution in [0.5, 0.6) is 0 Å². The number of hydrogen-bond acceptors (Lipinski definition) is 1. The van der Waals surface area contributed by atoms with Crippen LogP contribution in [0.4, 0.5) is 0 Å². The maximum absolute atomic E-state index is 4.43. The number of aryl methyl sites for hydroxylation is 2. The molecule has 29 heavy (non-hydrogen) atoms. The number of aromatic nitrogens is 2. The zero-order valence-corrected chi connectivity index (χ0v) is 18.7. The summed E-state index contributed by atoms with van der Waals surface area (Å²) in [7, 11) is -0.784. The summed E-state index contributed by atoms with van der Waals surface area (Å²) in [5, 5.41) is 1.23. The highest BCUT2D eigenvalue weighted by atomic mass is 28.2. The first-order chi connectivity index (χ1) is 14.3. The smallest absolute Gasteiger partial charge is 0.0965 e. The highest BCUT2D eigenvalue weighted by Crippen LogP contribution is 2.34. The van der Waals surface area contributed by atoms with Gasteiger partial charge in [-0.2, -0.15) is 0 Å². The first-order valence-electron chi connectivity index (χ1n) is 10.5. The number of benzene rings is 3. The standard InChI is InChI=1S/C26H28N2Si/c1-3-21-10-14-23(15-11-21)26(28-19-18-27-20-28,29-25-8-6-5-7-9-25)24-16-12-22(4-2)13-17-24/h5-20H,3-4,29H2,1-2H3. The number of hydrogen-bond donors (Lipinski definition) is 0. The fourth-order valence-electron chi connectivity index (χ4n) is 4.17. The van der Waals surface area contributed by atoms with Crippen LogP contribution in [0.15, 0.2) is 97.6 Å². The van der Waals surface area contributed by atoms with Gasteiger partial charge in [0.15, 0.2) is 0 Å². The Hall–Kier alpha value is -2.91. The van der Waals surface area contributed by atoms with Crippen LogP contribution < -0.4 is 5.19 Å². The summed E-state index contributed by atoms with van der Waals surface area (Å²) >= 11 is 0. The molecule has 0 amide bonds. The van der Waals surface area contributed by atoms with E-state index in [1.165, 1.54) is 27.4 Å². The molecule has 0 radical (unpaired) electrons. The second-order valence-corrected chi connectivity index (χ2v) is 9.79. The van der Waals surface area contributed by atoms with Crippen molar-refractivity contribution in [1.82, 2.24) is 9.55 Å². The first kappa shape index (κ1) is 19.4. The van der Waals surface area contributed by atoms with Crippen molar-refractivity contribution < 1.29 is 0 Å². The molecule has 4 aromatic rings. The van der Waals surface area contributed by atoms with E-state index in [2.05, 4.69) is 108 Å². The molecule has 0 spiro atoms. The third-order valence-corrected chi connectivity index (χ3v) is 8.50. The molecule has 4 rings (SSSR count). The van der Waals surface area contributed by atoms with Crippen molar-refractivity contribution in [2.24, 2.45) is 0 Å². The van der Waals surface area contributed by atoms with Gasteiger partial charge in [-0.15, -0.1) is 0 Å². The summed E-state index contributed by atoms with van der Waals surface area (Å²) in [4.78, 5) is 4.43. The van der Waals surface area contributed by atoms with Gasteiger partial charge >= 0.3 is 0 Å². The maximum Gasteiger partial charge on any atom is 0.0965 e. The van der Waals surface area contributed by atoms with Gasteiger partial charge in [-0.3, -0.25) is 0 Å². The minimum Gasteiger partial charge on any atom is -0.326 e. The van der Waals surface area contributed by atoms with Crippen LogP contribution in [0.25, 0.3) is 0 Å². The Labute approximate surface area is 176 Å². The van der Waals surface area contributed by atoms with Crippen molar-refractivity contribution in [3.05, 3.63) is 120 Å². The van der Waals surface area contributed by atoms with Gasteiger partial charge in [0, 0.05) is 12.4 Å². The Morgan fingerprint density at radius 3 is 1.76 bits per heavy atom. The van der Waals surface area contributed by atoms with Crippen molar-refractivity contribution in [2.75, 3.05) is 0 Å². The Kier molecular flexibility index (Phi) is 5.77. The third kappa shape index (κ3) is 3.83. The molecule has 0 aliphatic rings. The molecule has 2 nitrogen and oxygen atoms in total. The Morgan fingerprint density at radius 1 is 0.759 bits per heavy atom. The Morgan fingerprint density at radius 2 is 1.31 bits per heavy atom. The lowest BCUT2D eigenvalue weighted by Gasteiger charge is -2.37. The topological polar surface area (TPSA) is 17.8 Å². The van der Waals surface area contributed by atoms with Crippen LogP contribution in [0, 0.1) is 0 Å². The normalized spacial score (nSPS) is 11.9. The van der Waals surface area contributed by atoms with Crippen molar-refractivity contribution in [3.63, 3.8) is 0 Å². The van der Waals surface area contributed by atoms with Crippen LogP contribution in [0.3, 0.4) is 0 Å². The number of rotatable bonds is 7. The van der Waals surface area contributed by atoms with E-state index in [1.54, 1.807) is 0 Å². The summed E-state index contributed by atoms with van der Waals surface area (Å²) in [6, 6.07) is 29.4. The second-order valence-electron chi connectivity index (χ2n) is 7.59. The van der Waals surface area contributed by atoms with Gasteiger partial charge in [0.05, 0.1) is 21.0 Å². The predicted molar refractivity (Wildman–Crippen MR) is 125 cm³/mol. The zero-order valence-electron chi connectivity index (χ0n) is 17.3. The van der Waals surface area contributed by atoms with Gasteiger partial charge in [-0.25, -0.2) is 4.98 Å². The SMILES string of the molecule is CCc1ccc(C([SiH2]c2ccccc2)(c2ccc(CC)cc2)n2ccnc2)cc1. The van der Waals surface area contributed by atoms with Gasteiger partial charge in [-0.05, 0) is 35.1 Å². The molecule has 0 saturated heterocycles. The van der Waals surface area contributed by atoms with Gasteiger partial charge in [-0.1, -0.05) is 97.9 Å². The summed E-state index contributed by atoms with van der Waals surface area (Å²) in [6.45, 7) is 4.42. The van der Waals surface area contributed by atoms with Crippen molar-refractivity contribution in [2.45, 2.75) is 31.9 Å². The highest BCUT2D eigenvalue weighted by Gasteiger charge is 2.36. The van der Waals surface area contributed by atoms with E-state index >= 15 is 0 Å². The van der Waals surface area contributed by atoms with E-state index in [9.17, 15) is 0 Å². The van der Waals surface area contributed by atoms with Crippen LogP contribution in [-0.2, 0) is 18.0 Å². The lowest BCUT2D eigenvalue weighted by atomic mass is 9.94. The molecule has 0 saturated carbocycles. The maximum atomic E-state index is 4.43. The lowest BCUT2D eigenvalue weighted by molar-refractivity contribution is 0.596. The molecule has 3 aromatic carbocycles. The minimum absolute atomic E-state index is 0.212. The third-order valence-electron chi connectivity index (χ3n) is 5.93.